The van der Waals surface area contributed by atoms with E-state index in [0.29, 0.717) is 6.42 Å². The zero-order valence-corrected chi connectivity index (χ0v) is 9.64. The van der Waals surface area contributed by atoms with E-state index in [2.05, 4.69) is 10.1 Å². The lowest BCUT2D eigenvalue weighted by molar-refractivity contribution is -0.143. The van der Waals surface area contributed by atoms with Crippen molar-refractivity contribution in [2.45, 2.75) is 19.8 Å². The average molecular weight is 230 g/mol. The number of aromatic nitrogens is 1. The van der Waals surface area contributed by atoms with Crippen LogP contribution in [0.15, 0.2) is 35.6 Å². The van der Waals surface area contributed by atoms with Crippen LogP contribution in [0.2, 0.25) is 0 Å². The topological polar surface area (TPSA) is 54.4 Å². The summed E-state index contributed by atoms with van der Waals surface area (Å²) in [7, 11) is 0. The molecule has 0 saturated heterocycles. The Labute approximate surface area is 99.3 Å². The molecule has 88 valence electrons. The minimum atomic E-state index is -0.302. The molecule has 0 fully saturated rings. The van der Waals surface area contributed by atoms with Crippen LogP contribution in [0.25, 0.3) is 10.9 Å². The van der Waals surface area contributed by atoms with Crippen molar-refractivity contribution >= 4 is 23.1 Å². The Morgan fingerprint density at radius 3 is 3.12 bits per heavy atom. The fourth-order valence-electron chi connectivity index (χ4n) is 1.59. The van der Waals surface area contributed by atoms with Crippen LogP contribution in [0, 0.1) is 0 Å². The largest absolute Gasteiger partial charge is 0.361 e. The van der Waals surface area contributed by atoms with Gasteiger partial charge in [0.1, 0.15) is 0 Å². The van der Waals surface area contributed by atoms with E-state index in [4.69, 9.17) is 4.84 Å². The van der Waals surface area contributed by atoms with Gasteiger partial charge in [-0.05, 0) is 12.5 Å². The van der Waals surface area contributed by atoms with E-state index in [1.165, 1.54) is 0 Å². The van der Waals surface area contributed by atoms with Crippen molar-refractivity contribution < 1.29 is 9.63 Å². The van der Waals surface area contributed by atoms with Gasteiger partial charge in [0.05, 0.1) is 6.21 Å². The highest BCUT2D eigenvalue weighted by molar-refractivity contribution is 5.98. The summed E-state index contributed by atoms with van der Waals surface area (Å²) in [5.74, 6) is -0.302. The van der Waals surface area contributed by atoms with Crippen molar-refractivity contribution in [2.24, 2.45) is 5.16 Å². The molecule has 0 aliphatic carbocycles. The van der Waals surface area contributed by atoms with Crippen molar-refractivity contribution in [3.05, 3.63) is 36.0 Å². The van der Waals surface area contributed by atoms with Crippen LogP contribution in [0.3, 0.4) is 0 Å². The van der Waals surface area contributed by atoms with E-state index < -0.39 is 0 Å². The quantitative estimate of drug-likeness (QED) is 0.499. The zero-order chi connectivity index (χ0) is 12.1. The van der Waals surface area contributed by atoms with Gasteiger partial charge in [-0.3, -0.25) is 0 Å². The summed E-state index contributed by atoms with van der Waals surface area (Å²) >= 11 is 0. The van der Waals surface area contributed by atoms with Gasteiger partial charge in [-0.15, -0.1) is 0 Å². The van der Waals surface area contributed by atoms with E-state index in [-0.39, 0.29) is 5.97 Å². The van der Waals surface area contributed by atoms with Crippen LogP contribution >= 0.6 is 0 Å². The van der Waals surface area contributed by atoms with Gasteiger partial charge in [-0.2, -0.15) is 0 Å². The minimum absolute atomic E-state index is 0.302. The summed E-state index contributed by atoms with van der Waals surface area (Å²) in [6, 6.07) is 7.88. The SMILES string of the molecule is CCCC(=O)O/N=C/c1c[nH]c2ccccc12. The van der Waals surface area contributed by atoms with E-state index >= 15 is 0 Å². The Balaban J connectivity index is 2.08. The Bertz CT molecular complexity index is 543. The number of nitrogens with zero attached hydrogens (tertiary/aromatic N) is 1. The van der Waals surface area contributed by atoms with Gasteiger partial charge in [-0.25, -0.2) is 4.79 Å². The van der Waals surface area contributed by atoms with Crippen LogP contribution in [-0.2, 0) is 9.63 Å². The molecule has 1 aromatic carbocycles. The minimum Gasteiger partial charge on any atom is -0.361 e. The summed E-state index contributed by atoms with van der Waals surface area (Å²) in [4.78, 5) is 18.9. The van der Waals surface area contributed by atoms with Gasteiger partial charge in [0, 0.05) is 29.1 Å². The molecule has 0 atom stereocenters. The molecule has 0 bridgehead atoms. The number of hydrogen-bond acceptors (Lipinski definition) is 3. The fourth-order valence-corrected chi connectivity index (χ4v) is 1.59. The molecule has 0 aliphatic rings. The molecule has 17 heavy (non-hydrogen) atoms. The third kappa shape index (κ3) is 2.72. The van der Waals surface area contributed by atoms with Gasteiger partial charge >= 0.3 is 5.97 Å². The average Bonchev–Trinajstić information content (AvgIpc) is 2.73. The van der Waals surface area contributed by atoms with Crippen LogP contribution in [-0.4, -0.2) is 17.2 Å². The third-order valence-corrected chi connectivity index (χ3v) is 2.42. The second-order valence-corrected chi connectivity index (χ2v) is 3.74. The van der Waals surface area contributed by atoms with Crippen LogP contribution in [0.1, 0.15) is 25.3 Å². The maximum atomic E-state index is 11.1. The zero-order valence-electron chi connectivity index (χ0n) is 9.64. The monoisotopic (exact) mass is 230 g/mol. The smallest absolute Gasteiger partial charge is 0.335 e. The van der Waals surface area contributed by atoms with Gasteiger partial charge < -0.3 is 9.82 Å². The first-order valence-corrected chi connectivity index (χ1v) is 5.60. The van der Waals surface area contributed by atoms with Gasteiger partial charge in [0.2, 0.25) is 0 Å². The molecule has 2 aromatic rings. The number of aromatic amines is 1. The predicted octanol–water partition coefficient (Wildman–Crippen LogP) is 2.85. The van der Waals surface area contributed by atoms with Gasteiger partial charge in [0.15, 0.2) is 0 Å². The Morgan fingerprint density at radius 2 is 2.29 bits per heavy atom. The van der Waals surface area contributed by atoms with Crippen LogP contribution in [0.4, 0.5) is 0 Å². The molecule has 0 radical (unpaired) electrons. The molecular weight excluding hydrogens is 216 g/mol. The molecule has 1 aromatic heterocycles. The summed E-state index contributed by atoms with van der Waals surface area (Å²) in [6.07, 6.45) is 4.54. The predicted molar refractivity (Wildman–Crippen MR) is 66.9 cm³/mol. The lowest BCUT2D eigenvalue weighted by atomic mass is 10.2. The molecule has 0 aliphatic heterocycles. The molecule has 2 rings (SSSR count). The Kier molecular flexibility index (Phi) is 3.55. The highest BCUT2D eigenvalue weighted by atomic mass is 16.7. The molecule has 0 amide bonds. The van der Waals surface area contributed by atoms with Crippen molar-refractivity contribution in [3.8, 4) is 0 Å². The van der Waals surface area contributed by atoms with E-state index in [0.717, 1.165) is 22.9 Å². The van der Waals surface area contributed by atoms with Crippen molar-refractivity contribution in [3.63, 3.8) is 0 Å². The third-order valence-electron chi connectivity index (χ3n) is 2.42. The summed E-state index contributed by atoms with van der Waals surface area (Å²) in [5, 5.41) is 4.75. The Morgan fingerprint density at radius 1 is 1.47 bits per heavy atom. The maximum absolute atomic E-state index is 11.1. The second kappa shape index (κ2) is 5.30. The van der Waals surface area contributed by atoms with E-state index in [1.54, 1.807) is 6.21 Å². The number of oxime groups is 1. The lowest BCUT2D eigenvalue weighted by Gasteiger charge is -1.93. The number of carbonyl (C=O) groups excluding carboxylic acids is 1. The Hall–Kier alpha value is -2.10. The van der Waals surface area contributed by atoms with E-state index in [1.807, 2.05) is 37.4 Å². The maximum Gasteiger partial charge on any atom is 0.335 e. The molecule has 1 heterocycles. The number of fused-ring (bicyclic) bond motifs is 1. The number of benzene rings is 1. The highest BCUT2D eigenvalue weighted by Crippen LogP contribution is 2.15. The molecule has 0 saturated carbocycles. The van der Waals surface area contributed by atoms with Crippen molar-refractivity contribution in [1.29, 1.82) is 0 Å². The van der Waals surface area contributed by atoms with Crippen molar-refractivity contribution in [1.82, 2.24) is 4.98 Å². The number of nitrogens with one attached hydrogen (secondary N) is 1. The first-order valence-electron chi connectivity index (χ1n) is 5.60. The lowest BCUT2D eigenvalue weighted by Crippen LogP contribution is -1.98. The number of carbonyl (C=O) groups is 1. The normalized spacial score (nSPS) is 11.1. The molecule has 4 nitrogen and oxygen atoms in total. The first kappa shape index (κ1) is 11.4. The molecule has 0 unspecified atom stereocenters. The molecule has 1 N–H and O–H groups in total. The standard InChI is InChI=1S/C13H14N2O2/c1-2-5-13(16)17-15-9-10-8-14-12-7-4-3-6-11(10)12/h3-4,6-9,14H,2,5H2,1H3/b15-9+. The van der Waals surface area contributed by atoms with Crippen LogP contribution in [0.5, 0.6) is 0 Å². The van der Waals surface area contributed by atoms with Crippen molar-refractivity contribution in [2.75, 3.05) is 0 Å². The van der Waals surface area contributed by atoms with Crippen LogP contribution < -0.4 is 0 Å². The molecule has 4 heteroatoms. The fraction of sp³-hybridized carbons (Fsp3) is 0.231. The number of rotatable bonds is 4. The highest BCUT2D eigenvalue weighted by Gasteiger charge is 2.01. The number of para-hydroxylation sites is 1. The van der Waals surface area contributed by atoms with Gasteiger partial charge in [0.25, 0.3) is 0 Å². The second-order valence-electron chi connectivity index (χ2n) is 3.74. The van der Waals surface area contributed by atoms with Gasteiger partial charge in [-0.1, -0.05) is 30.3 Å². The number of hydrogen-bond donors (Lipinski definition) is 1. The molecular formula is C13H14N2O2. The summed E-state index contributed by atoms with van der Waals surface area (Å²) in [6.45, 7) is 1.92. The molecule has 0 spiro atoms. The summed E-state index contributed by atoms with van der Waals surface area (Å²) < 4.78 is 0. The summed E-state index contributed by atoms with van der Waals surface area (Å²) in [5.41, 5.74) is 1.94. The number of H-pyrrole nitrogens is 1. The first-order chi connectivity index (χ1) is 8.31. The van der Waals surface area contributed by atoms with E-state index in [9.17, 15) is 4.79 Å².